The van der Waals surface area contributed by atoms with Crippen molar-refractivity contribution < 1.29 is 5.11 Å². The average Bonchev–Trinajstić information content (AvgIpc) is 2.20. The molecule has 1 unspecified atom stereocenters. The van der Waals surface area contributed by atoms with Crippen LogP contribution in [0.15, 0.2) is 18.2 Å². The molecule has 0 aliphatic carbocycles. The van der Waals surface area contributed by atoms with Crippen molar-refractivity contribution in [3.63, 3.8) is 0 Å². The fraction of sp³-hybridized carbons (Fsp3) is 0.571. The zero-order valence-electron chi connectivity index (χ0n) is 10.3. The first-order chi connectivity index (χ1) is 7.52. The number of aliphatic hydroxyl groups is 1. The van der Waals surface area contributed by atoms with E-state index in [0.717, 1.165) is 23.4 Å². The first kappa shape index (κ1) is 13.5. The maximum atomic E-state index is 9.34. The van der Waals surface area contributed by atoms with E-state index in [-0.39, 0.29) is 6.61 Å². The van der Waals surface area contributed by atoms with E-state index in [1.807, 2.05) is 13.0 Å². The van der Waals surface area contributed by atoms with Crippen LogP contribution in [0.1, 0.15) is 31.4 Å². The smallest absolute Gasteiger partial charge is 0.0462 e. The van der Waals surface area contributed by atoms with Gasteiger partial charge in [0.15, 0.2) is 0 Å². The Labute approximate surface area is 103 Å². The van der Waals surface area contributed by atoms with Crippen molar-refractivity contribution in [3.05, 3.63) is 34.3 Å². The van der Waals surface area contributed by atoms with Crippen molar-refractivity contribution in [2.45, 2.75) is 33.6 Å². The van der Waals surface area contributed by atoms with Gasteiger partial charge >= 0.3 is 0 Å². The highest BCUT2D eigenvalue weighted by molar-refractivity contribution is 6.31. The first-order valence-electron chi connectivity index (χ1n) is 5.88. The molecular formula is C14H21ClO. The van der Waals surface area contributed by atoms with Crippen LogP contribution in [0.5, 0.6) is 0 Å². The molecule has 1 atom stereocenters. The van der Waals surface area contributed by atoms with Crippen LogP contribution in [-0.4, -0.2) is 11.7 Å². The van der Waals surface area contributed by atoms with Gasteiger partial charge in [0.1, 0.15) is 0 Å². The number of aryl methyl sites for hydroxylation is 1. The van der Waals surface area contributed by atoms with Gasteiger partial charge in [0.25, 0.3) is 0 Å². The van der Waals surface area contributed by atoms with Crippen LogP contribution in [0.3, 0.4) is 0 Å². The minimum absolute atomic E-state index is 0.238. The van der Waals surface area contributed by atoms with Crippen LogP contribution < -0.4 is 0 Å². The van der Waals surface area contributed by atoms with Crippen molar-refractivity contribution in [2.75, 3.05) is 6.61 Å². The molecule has 2 heteroatoms. The molecule has 0 aliphatic heterocycles. The quantitative estimate of drug-likeness (QED) is 0.829. The van der Waals surface area contributed by atoms with E-state index in [0.29, 0.717) is 11.8 Å². The standard InChI is InChI=1S/C14H21ClO/c1-10(2)6-12(9-16)8-13-5-4-11(3)7-14(13)15/h4-5,7,10,12,16H,6,8-9H2,1-3H3. The molecule has 0 amide bonds. The Hall–Kier alpha value is -0.530. The highest BCUT2D eigenvalue weighted by atomic mass is 35.5. The molecule has 0 heterocycles. The maximum Gasteiger partial charge on any atom is 0.0462 e. The van der Waals surface area contributed by atoms with Gasteiger partial charge in [-0.25, -0.2) is 0 Å². The summed E-state index contributed by atoms with van der Waals surface area (Å²) in [6.07, 6.45) is 1.91. The number of halogens is 1. The van der Waals surface area contributed by atoms with Gasteiger partial charge in [0.2, 0.25) is 0 Å². The van der Waals surface area contributed by atoms with Crippen molar-refractivity contribution in [2.24, 2.45) is 11.8 Å². The van der Waals surface area contributed by atoms with Gasteiger partial charge in [-0.05, 0) is 48.8 Å². The molecule has 1 aromatic rings. The van der Waals surface area contributed by atoms with Crippen molar-refractivity contribution in [1.82, 2.24) is 0 Å². The lowest BCUT2D eigenvalue weighted by atomic mass is 9.91. The van der Waals surface area contributed by atoms with Crippen LogP contribution in [-0.2, 0) is 6.42 Å². The fourth-order valence-electron chi connectivity index (χ4n) is 2.02. The number of aliphatic hydroxyl groups excluding tert-OH is 1. The summed E-state index contributed by atoms with van der Waals surface area (Å²) in [5.74, 6) is 0.932. The van der Waals surface area contributed by atoms with Gasteiger partial charge in [0, 0.05) is 11.6 Å². The molecule has 0 radical (unpaired) electrons. The van der Waals surface area contributed by atoms with Gasteiger partial charge < -0.3 is 5.11 Å². The highest BCUT2D eigenvalue weighted by Crippen LogP contribution is 2.23. The monoisotopic (exact) mass is 240 g/mol. The predicted octanol–water partition coefficient (Wildman–Crippen LogP) is 3.85. The zero-order valence-corrected chi connectivity index (χ0v) is 11.1. The van der Waals surface area contributed by atoms with E-state index in [1.54, 1.807) is 0 Å². The first-order valence-corrected chi connectivity index (χ1v) is 6.26. The molecule has 0 saturated carbocycles. The molecule has 0 saturated heterocycles. The van der Waals surface area contributed by atoms with Gasteiger partial charge in [-0.2, -0.15) is 0 Å². The molecule has 1 nitrogen and oxygen atoms in total. The minimum atomic E-state index is 0.238. The van der Waals surface area contributed by atoms with Gasteiger partial charge in [-0.1, -0.05) is 37.6 Å². The summed E-state index contributed by atoms with van der Waals surface area (Å²) in [6.45, 7) is 6.63. The fourth-order valence-corrected chi connectivity index (χ4v) is 2.33. The molecule has 90 valence electrons. The molecule has 0 aliphatic rings. The Balaban J connectivity index is 2.70. The number of hydrogen-bond donors (Lipinski definition) is 1. The van der Waals surface area contributed by atoms with Crippen LogP contribution in [0.25, 0.3) is 0 Å². The second-order valence-corrected chi connectivity index (χ2v) is 5.38. The molecule has 16 heavy (non-hydrogen) atoms. The summed E-state index contributed by atoms with van der Waals surface area (Å²) in [5, 5.41) is 10.2. The Kier molecular flexibility index (Phi) is 5.30. The topological polar surface area (TPSA) is 20.2 Å². The highest BCUT2D eigenvalue weighted by Gasteiger charge is 2.12. The number of benzene rings is 1. The number of hydrogen-bond acceptors (Lipinski definition) is 1. The molecular weight excluding hydrogens is 220 g/mol. The van der Waals surface area contributed by atoms with E-state index >= 15 is 0 Å². The predicted molar refractivity (Wildman–Crippen MR) is 69.9 cm³/mol. The minimum Gasteiger partial charge on any atom is -0.396 e. The average molecular weight is 241 g/mol. The molecule has 0 fully saturated rings. The second kappa shape index (κ2) is 6.27. The van der Waals surface area contributed by atoms with E-state index in [1.165, 1.54) is 5.56 Å². The maximum absolute atomic E-state index is 9.34. The van der Waals surface area contributed by atoms with E-state index in [4.69, 9.17) is 11.6 Å². The third-order valence-corrected chi connectivity index (χ3v) is 3.13. The SMILES string of the molecule is Cc1ccc(CC(CO)CC(C)C)c(Cl)c1. The third-order valence-electron chi connectivity index (χ3n) is 2.78. The van der Waals surface area contributed by atoms with Crippen molar-refractivity contribution in [3.8, 4) is 0 Å². The van der Waals surface area contributed by atoms with Crippen LogP contribution in [0.2, 0.25) is 5.02 Å². The molecule has 0 aromatic heterocycles. The van der Waals surface area contributed by atoms with Gasteiger partial charge in [-0.15, -0.1) is 0 Å². The van der Waals surface area contributed by atoms with E-state index in [2.05, 4.69) is 26.0 Å². The molecule has 1 rings (SSSR count). The van der Waals surface area contributed by atoms with Crippen molar-refractivity contribution in [1.29, 1.82) is 0 Å². The largest absolute Gasteiger partial charge is 0.396 e. The van der Waals surface area contributed by atoms with Crippen LogP contribution >= 0.6 is 11.6 Å². The zero-order chi connectivity index (χ0) is 12.1. The van der Waals surface area contributed by atoms with Gasteiger partial charge in [-0.3, -0.25) is 0 Å². The third kappa shape index (κ3) is 4.15. The Bertz CT molecular complexity index is 334. The van der Waals surface area contributed by atoms with Crippen molar-refractivity contribution >= 4 is 11.6 Å². The lowest BCUT2D eigenvalue weighted by Crippen LogP contribution is -2.12. The summed E-state index contributed by atoms with van der Waals surface area (Å²) in [6, 6.07) is 6.13. The molecule has 0 spiro atoms. The lowest BCUT2D eigenvalue weighted by Gasteiger charge is -2.17. The Morgan fingerprint density at radius 2 is 2.00 bits per heavy atom. The van der Waals surface area contributed by atoms with Crippen LogP contribution in [0, 0.1) is 18.8 Å². The molecule has 0 bridgehead atoms. The van der Waals surface area contributed by atoms with E-state index < -0.39 is 0 Å². The number of rotatable bonds is 5. The van der Waals surface area contributed by atoms with Crippen LogP contribution in [0.4, 0.5) is 0 Å². The Morgan fingerprint density at radius 3 is 2.50 bits per heavy atom. The second-order valence-electron chi connectivity index (χ2n) is 4.98. The summed E-state index contributed by atoms with van der Waals surface area (Å²) in [7, 11) is 0. The van der Waals surface area contributed by atoms with E-state index in [9.17, 15) is 5.11 Å². The summed E-state index contributed by atoms with van der Waals surface area (Å²) < 4.78 is 0. The molecule has 1 N–H and O–H groups in total. The van der Waals surface area contributed by atoms with Gasteiger partial charge in [0.05, 0.1) is 0 Å². The lowest BCUT2D eigenvalue weighted by molar-refractivity contribution is 0.205. The summed E-state index contributed by atoms with van der Waals surface area (Å²) >= 11 is 6.19. The summed E-state index contributed by atoms with van der Waals surface area (Å²) in [4.78, 5) is 0. The summed E-state index contributed by atoms with van der Waals surface area (Å²) in [5.41, 5.74) is 2.32. The Morgan fingerprint density at radius 1 is 1.31 bits per heavy atom. The molecule has 1 aromatic carbocycles. The normalized spacial score (nSPS) is 13.1.